The lowest BCUT2D eigenvalue weighted by Gasteiger charge is -2.23. The van der Waals surface area contributed by atoms with Crippen molar-refractivity contribution in [3.8, 4) is 0 Å². The standard InChI is InChI=1S/C12H22N4O/c1-10(2)8-16(4-5-17-3)9-11-6-15-12(13)7-14-11/h6-7,10H,4-5,8-9H2,1-3H3,(H2,13,15). The molecule has 2 N–H and O–H groups in total. The first kappa shape index (κ1) is 13.9. The van der Waals surface area contributed by atoms with Crippen molar-refractivity contribution in [1.82, 2.24) is 14.9 Å². The van der Waals surface area contributed by atoms with Gasteiger partial charge in [0.05, 0.1) is 24.7 Å². The largest absolute Gasteiger partial charge is 0.383 e. The highest BCUT2D eigenvalue weighted by molar-refractivity contribution is 5.22. The third kappa shape index (κ3) is 5.60. The van der Waals surface area contributed by atoms with Crippen LogP contribution in [0.15, 0.2) is 12.4 Å². The maximum Gasteiger partial charge on any atom is 0.141 e. The van der Waals surface area contributed by atoms with Gasteiger partial charge in [-0.15, -0.1) is 0 Å². The number of hydrogen-bond acceptors (Lipinski definition) is 5. The maximum absolute atomic E-state index is 5.51. The van der Waals surface area contributed by atoms with Gasteiger partial charge in [-0.3, -0.25) is 9.88 Å². The Hall–Kier alpha value is -1.20. The van der Waals surface area contributed by atoms with Gasteiger partial charge in [0.15, 0.2) is 0 Å². The van der Waals surface area contributed by atoms with Crippen LogP contribution in [0.4, 0.5) is 5.82 Å². The van der Waals surface area contributed by atoms with Crippen LogP contribution in [0.3, 0.4) is 0 Å². The summed E-state index contributed by atoms with van der Waals surface area (Å²) >= 11 is 0. The highest BCUT2D eigenvalue weighted by atomic mass is 16.5. The molecule has 0 fully saturated rings. The SMILES string of the molecule is COCCN(Cc1cnc(N)cn1)CC(C)C. The number of nitrogen functional groups attached to an aromatic ring is 1. The summed E-state index contributed by atoms with van der Waals surface area (Å²) in [4.78, 5) is 10.6. The fourth-order valence-electron chi connectivity index (χ4n) is 1.65. The van der Waals surface area contributed by atoms with Gasteiger partial charge in [-0.2, -0.15) is 0 Å². The molecule has 1 rings (SSSR count). The van der Waals surface area contributed by atoms with Crippen molar-refractivity contribution in [3.63, 3.8) is 0 Å². The number of rotatable bonds is 7. The van der Waals surface area contributed by atoms with E-state index in [1.54, 1.807) is 19.5 Å². The molecule has 0 radical (unpaired) electrons. The molecule has 1 heterocycles. The summed E-state index contributed by atoms with van der Waals surface area (Å²) < 4.78 is 5.11. The van der Waals surface area contributed by atoms with E-state index in [1.165, 1.54) is 0 Å². The second-order valence-corrected chi connectivity index (χ2v) is 4.55. The van der Waals surface area contributed by atoms with E-state index in [-0.39, 0.29) is 0 Å². The third-order valence-corrected chi connectivity index (χ3v) is 2.35. The van der Waals surface area contributed by atoms with Gasteiger partial charge in [0.25, 0.3) is 0 Å². The minimum absolute atomic E-state index is 0.459. The lowest BCUT2D eigenvalue weighted by Crippen LogP contribution is -2.31. The van der Waals surface area contributed by atoms with Gasteiger partial charge in [-0.1, -0.05) is 13.8 Å². The average Bonchev–Trinajstić information content (AvgIpc) is 2.28. The molecule has 5 nitrogen and oxygen atoms in total. The summed E-state index contributed by atoms with van der Waals surface area (Å²) in [5.74, 6) is 1.08. The molecule has 0 atom stereocenters. The van der Waals surface area contributed by atoms with E-state index in [1.807, 2.05) is 0 Å². The molecule has 0 amide bonds. The molecule has 5 heteroatoms. The molecule has 0 spiro atoms. The van der Waals surface area contributed by atoms with Crippen LogP contribution in [0, 0.1) is 5.92 Å². The molecule has 0 aliphatic rings. The van der Waals surface area contributed by atoms with Gasteiger partial charge >= 0.3 is 0 Å². The number of methoxy groups -OCH3 is 1. The van der Waals surface area contributed by atoms with E-state index in [9.17, 15) is 0 Å². The Morgan fingerprint density at radius 3 is 2.65 bits per heavy atom. The number of hydrogen-bond donors (Lipinski definition) is 1. The zero-order valence-corrected chi connectivity index (χ0v) is 10.9. The Labute approximate surface area is 103 Å². The van der Waals surface area contributed by atoms with Crippen molar-refractivity contribution in [3.05, 3.63) is 18.1 Å². The normalized spacial score (nSPS) is 11.4. The van der Waals surface area contributed by atoms with Crippen LogP contribution in [0.25, 0.3) is 0 Å². The van der Waals surface area contributed by atoms with Crippen LogP contribution >= 0.6 is 0 Å². The number of nitrogens with two attached hydrogens (primary N) is 1. The van der Waals surface area contributed by atoms with Gasteiger partial charge in [-0.25, -0.2) is 4.98 Å². The van der Waals surface area contributed by atoms with Crippen LogP contribution in [0.2, 0.25) is 0 Å². The molecule has 1 aromatic rings. The number of anilines is 1. The topological polar surface area (TPSA) is 64.3 Å². The van der Waals surface area contributed by atoms with E-state index >= 15 is 0 Å². The summed E-state index contributed by atoms with van der Waals surface area (Å²) in [6.45, 7) is 7.85. The third-order valence-electron chi connectivity index (χ3n) is 2.35. The Morgan fingerprint density at radius 1 is 1.35 bits per heavy atom. The Kier molecular flexibility index (Phi) is 5.86. The minimum atomic E-state index is 0.459. The van der Waals surface area contributed by atoms with E-state index < -0.39 is 0 Å². The lowest BCUT2D eigenvalue weighted by molar-refractivity contribution is 0.135. The molecule has 17 heavy (non-hydrogen) atoms. The number of aromatic nitrogens is 2. The molecule has 96 valence electrons. The first-order valence-corrected chi connectivity index (χ1v) is 5.89. The Morgan fingerprint density at radius 2 is 2.12 bits per heavy atom. The van der Waals surface area contributed by atoms with E-state index in [0.29, 0.717) is 11.7 Å². The predicted molar refractivity (Wildman–Crippen MR) is 68.4 cm³/mol. The zero-order valence-electron chi connectivity index (χ0n) is 10.9. The molecular weight excluding hydrogens is 216 g/mol. The molecule has 0 saturated heterocycles. The molecule has 1 aromatic heterocycles. The zero-order chi connectivity index (χ0) is 12.7. The van der Waals surface area contributed by atoms with Gasteiger partial charge in [0.1, 0.15) is 5.82 Å². The summed E-state index contributed by atoms with van der Waals surface area (Å²) in [7, 11) is 1.72. The lowest BCUT2D eigenvalue weighted by atomic mass is 10.2. The van der Waals surface area contributed by atoms with Crippen molar-refractivity contribution in [2.75, 3.05) is 32.5 Å². The van der Waals surface area contributed by atoms with Crippen molar-refractivity contribution >= 4 is 5.82 Å². The summed E-state index contributed by atoms with van der Waals surface area (Å²) in [6, 6.07) is 0. The first-order valence-electron chi connectivity index (χ1n) is 5.89. The second kappa shape index (κ2) is 7.19. The summed E-state index contributed by atoms with van der Waals surface area (Å²) in [6.07, 6.45) is 3.33. The van der Waals surface area contributed by atoms with Crippen molar-refractivity contribution in [2.45, 2.75) is 20.4 Å². The van der Waals surface area contributed by atoms with Gasteiger partial charge < -0.3 is 10.5 Å². The van der Waals surface area contributed by atoms with Crippen LogP contribution < -0.4 is 5.73 Å². The Bertz CT molecular complexity index is 313. The van der Waals surface area contributed by atoms with E-state index in [0.717, 1.165) is 31.9 Å². The number of nitrogens with zero attached hydrogens (tertiary/aromatic N) is 3. The smallest absolute Gasteiger partial charge is 0.141 e. The first-order chi connectivity index (χ1) is 8.11. The molecule has 0 bridgehead atoms. The highest BCUT2D eigenvalue weighted by Crippen LogP contribution is 2.05. The van der Waals surface area contributed by atoms with Crippen molar-refractivity contribution in [1.29, 1.82) is 0 Å². The molecule has 0 saturated carbocycles. The van der Waals surface area contributed by atoms with Crippen molar-refractivity contribution in [2.24, 2.45) is 5.92 Å². The van der Waals surface area contributed by atoms with Crippen LogP contribution in [-0.4, -0.2) is 41.7 Å². The van der Waals surface area contributed by atoms with Crippen LogP contribution in [0.5, 0.6) is 0 Å². The van der Waals surface area contributed by atoms with E-state index in [4.69, 9.17) is 10.5 Å². The molecule has 0 unspecified atom stereocenters. The highest BCUT2D eigenvalue weighted by Gasteiger charge is 2.09. The molecular formula is C12H22N4O. The van der Waals surface area contributed by atoms with Crippen LogP contribution in [-0.2, 0) is 11.3 Å². The van der Waals surface area contributed by atoms with E-state index in [2.05, 4.69) is 28.7 Å². The van der Waals surface area contributed by atoms with Gasteiger partial charge in [-0.05, 0) is 5.92 Å². The minimum Gasteiger partial charge on any atom is -0.383 e. The molecule has 0 aliphatic heterocycles. The van der Waals surface area contributed by atoms with Gasteiger partial charge in [0, 0.05) is 26.7 Å². The maximum atomic E-state index is 5.51. The fourth-order valence-corrected chi connectivity index (χ4v) is 1.65. The summed E-state index contributed by atoms with van der Waals surface area (Å²) in [5, 5.41) is 0. The molecule has 0 aromatic carbocycles. The summed E-state index contributed by atoms with van der Waals surface area (Å²) in [5.41, 5.74) is 6.45. The average molecular weight is 238 g/mol. The fraction of sp³-hybridized carbons (Fsp3) is 0.667. The number of ether oxygens (including phenoxy) is 1. The quantitative estimate of drug-likeness (QED) is 0.772. The molecule has 0 aliphatic carbocycles. The monoisotopic (exact) mass is 238 g/mol. The predicted octanol–water partition coefficient (Wildman–Crippen LogP) is 1.16. The van der Waals surface area contributed by atoms with Crippen LogP contribution in [0.1, 0.15) is 19.5 Å². The van der Waals surface area contributed by atoms with Crippen molar-refractivity contribution < 1.29 is 4.74 Å². The Balaban J connectivity index is 2.54. The van der Waals surface area contributed by atoms with Gasteiger partial charge in [0.2, 0.25) is 0 Å². The second-order valence-electron chi connectivity index (χ2n) is 4.55.